The molecule has 0 unspecified atom stereocenters. The van der Waals surface area contributed by atoms with Gasteiger partial charge in [-0.25, -0.2) is 4.79 Å². The lowest BCUT2D eigenvalue weighted by molar-refractivity contribution is 0.103. The molecule has 0 spiro atoms. The van der Waals surface area contributed by atoms with E-state index >= 15 is 0 Å². The number of aromatic nitrogens is 2. The van der Waals surface area contributed by atoms with E-state index in [1.54, 1.807) is 6.07 Å². The molecule has 0 aliphatic heterocycles. The number of furan rings is 1. The first-order chi connectivity index (χ1) is 7.22. The highest BCUT2D eigenvalue weighted by molar-refractivity contribution is 6.08. The standard InChI is InChI=1S/C10H10N2O3/c1-2-7-8(12-10(14)11-7)9(13)6-3-4-15-5-6/h3-5H,2H2,1H3,(H2,11,12,14). The Morgan fingerprint density at radius 3 is 2.87 bits per heavy atom. The molecule has 0 fully saturated rings. The van der Waals surface area contributed by atoms with Crippen LogP contribution in [0.1, 0.15) is 28.7 Å². The van der Waals surface area contributed by atoms with Gasteiger partial charge >= 0.3 is 5.69 Å². The number of aryl methyl sites for hydroxylation is 1. The molecule has 0 atom stereocenters. The summed E-state index contributed by atoms with van der Waals surface area (Å²) in [6.07, 6.45) is 3.37. The number of hydrogen-bond donors (Lipinski definition) is 2. The second-order valence-electron chi connectivity index (χ2n) is 3.13. The van der Waals surface area contributed by atoms with Crippen LogP contribution >= 0.6 is 0 Å². The summed E-state index contributed by atoms with van der Waals surface area (Å²) in [4.78, 5) is 28.0. The van der Waals surface area contributed by atoms with Crippen molar-refractivity contribution < 1.29 is 9.21 Å². The Kier molecular flexibility index (Phi) is 2.29. The zero-order chi connectivity index (χ0) is 10.8. The predicted molar refractivity (Wildman–Crippen MR) is 52.9 cm³/mol. The van der Waals surface area contributed by atoms with Gasteiger partial charge in [0.25, 0.3) is 0 Å². The summed E-state index contributed by atoms with van der Waals surface area (Å²) in [5, 5.41) is 0. The van der Waals surface area contributed by atoms with Crippen molar-refractivity contribution in [1.82, 2.24) is 9.97 Å². The highest BCUT2D eigenvalue weighted by atomic mass is 16.3. The molecule has 15 heavy (non-hydrogen) atoms. The fourth-order valence-electron chi connectivity index (χ4n) is 1.42. The lowest BCUT2D eigenvalue weighted by Gasteiger charge is -1.96. The second kappa shape index (κ2) is 3.61. The number of rotatable bonds is 3. The third-order valence-corrected chi connectivity index (χ3v) is 2.17. The van der Waals surface area contributed by atoms with Gasteiger partial charge in [-0.3, -0.25) is 4.79 Å². The average molecular weight is 206 g/mol. The van der Waals surface area contributed by atoms with Crippen molar-refractivity contribution in [3.8, 4) is 0 Å². The van der Waals surface area contributed by atoms with Crippen molar-refractivity contribution in [1.29, 1.82) is 0 Å². The third kappa shape index (κ3) is 1.63. The van der Waals surface area contributed by atoms with Gasteiger partial charge in [0.15, 0.2) is 0 Å². The second-order valence-corrected chi connectivity index (χ2v) is 3.13. The van der Waals surface area contributed by atoms with Crippen molar-refractivity contribution in [2.45, 2.75) is 13.3 Å². The minimum absolute atomic E-state index is 0.237. The van der Waals surface area contributed by atoms with Gasteiger partial charge < -0.3 is 14.4 Å². The number of hydrogen-bond acceptors (Lipinski definition) is 3. The number of H-pyrrole nitrogens is 2. The van der Waals surface area contributed by atoms with Crippen molar-refractivity contribution in [3.63, 3.8) is 0 Å². The molecule has 0 saturated heterocycles. The quantitative estimate of drug-likeness (QED) is 0.738. The fourth-order valence-corrected chi connectivity index (χ4v) is 1.42. The van der Waals surface area contributed by atoms with Gasteiger partial charge in [-0.15, -0.1) is 0 Å². The molecule has 0 radical (unpaired) electrons. The lowest BCUT2D eigenvalue weighted by atomic mass is 10.1. The van der Waals surface area contributed by atoms with Gasteiger partial charge in [0.05, 0.1) is 11.8 Å². The monoisotopic (exact) mass is 206 g/mol. The van der Waals surface area contributed by atoms with Crippen molar-refractivity contribution in [3.05, 3.63) is 46.0 Å². The van der Waals surface area contributed by atoms with E-state index in [2.05, 4.69) is 9.97 Å². The van der Waals surface area contributed by atoms with Crippen LogP contribution in [0.5, 0.6) is 0 Å². The number of ketones is 1. The van der Waals surface area contributed by atoms with E-state index in [1.165, 1.54) is 12.5 Å². The van der Waals surface area contributed by atoms with E-state index in [9.17, 15) is 9.59 Å². The summed E-state index contributed by atoms with van der Waals surface area (Å²) in [5.74, 6) is -0.237. The summed E-state index contributed by atoms with van der Waals surface area (Å²) < 4.78 is 4.81. The van der Waals surface area contributed by atoms with E-state index in [0.29, 0.717) is 23.4 Å². The smallest absolute Gasteiger partial charge is 0.323 e. The van der Waals surface area contributed by atoms with Crippen LogP contribution in [-0.2, 0) is 6.42 Å². The first kappa shape index (κ1) is 9.51. The van der Waals surface area contributed by atoms with Gasteiger partial charge in [-0.1, -0.05) is 6.92 Å². The van der Waals surface area contributed by atoms with Gasteiger partial charge in [-0.05, 0) is 12.5 Å². The molecule has 2 heterocycles. The Morgan fingerprint density at radius 1 is 1.47 bits per heavy atom. The Labute approximate surface area is 85.1 Å². The first-order valence-corrected chi connectivity index (χ1v) is 4.60. The minimum atomic E-state index is -0.362. The number of carbonyl (C=O) groups excluding carboxylic acids is 1. The predicted octanol–water partition coefficient (Wildman–Crippen LogP) is 1.09. The maximum absolute atomic E-state index is 11.9. The number of nitrogens with one attached hydrogen (secondary N) is 2. The maximum atomic E-state index is 11.9. The van der Waals surface area contributed by atoms with Crippen LogP contribution < -0.4 is 5.69 Å². The van der Waals surface area contributed by atoms with Gasteiger partial charge in [0.2, 0.25) is 5.78 Å². The average Bonchev–Trinajstić information content (AvgIpc) is 2.84. The topological polar surface area (TPSA) is 78.9 Å². The highest BCUT2D eigenvalue weighted by Gasteiger charge is 2.16. The summed E-state index contributed by atoms with van der Waals surface area (Å²) in [6, 6.07) is 1.56. The number of imidazole rings is 1. The molecule has 0 bridgehead atoms. The molecule has 78 valence electrons. The fraction of sp³-hybridized carbons (Fsp3) is 0.200. The molecule has 0 aliphatic carbocycles. The minimum Gasteiger partial charge on any atom is -0.472 e. The lowest BCUT2D eigenvalue weighted by Crippen LogP contribution is -2.06. The molecule has 2 rings (SSSR count). The summed E-state index contributed by atoms with van der Waals surface area (Å²) in [5.41, 5.74) is 0.994. The molecule has 5 heteroatoms. The Morgan fingerprint density at radius 2 is 2.27 bits per heavy atom. The molecular formula is C10H10N2O3. The van der Waals surface area contributed by atoms with E-state index in [4.69, 9.17) is 4.42 Å². The maximum Gasteiger partial charge on any atom is 0.323 e. The van der Waals surface area contributed by atoms with Crippen LogP contribution in [-0.4, -0.2) is 15.8 Å². The van der Waals surface area contributed by atoms with Gasteiger partial charge in [0.1, 0.15) is 12.0 Å². The van der Waals surface area contributed by atoms with Crippen LogP contribution in [0.3, 0.4) is 0 Å². The molecule has 2 N–H and O–H groups in total. The molecule has 5 nitrogen and oxygen atoms in total. The largest absolute Gasteiger partial charge is 0.472 e. The van der Waals surface area contributed by atoms with Crippen LogP contribution in [0.2, 0.25) is 0 Å². The van der Waals surface area contributed by atoms with Crippen LogP contribution in [0.25, 0.3) is 0 Å². The van der Waals surface area contributed by atoms with Crippen molar-refractivity contribution >= 4 is 5.78 Å². The molecule has 0 saturated carbocycles. The first-order valence-electron chi connectivity index (χ1n) is 4.60. The normalized spacial score (nSPS) is 10.5. The number of aromatic amines is 2. The molecule has 2 aromatic heterocycles. The zero-order valence-corrected chi connectivity index (χ0v) is 8.16. The van der Waals surface area contributed by atoms with E-state index in [0.717, 1.165) is 0 Å². The van der Waals surface area contributed by atoms with Gasteiger partial charge in [0, 0.05) is 5.69 Å². The van der Waals surface area contributed by atoms with Crippen LogP contribution in [0.15, 0.2) is 27.8 Å². The summed E-state index contributed by atoms with van der Waals surface area (Å²) >= 11 is 0. The third-order valence-electron chi connectivity index (χ3n) is 2.17. The van der Waals surface area contributed by atoms with E-state index in [1.807, 2.05) is 6.92 Å². The summed E-state index contributed by atoms with van der Waals surface area (Å²) in [7, 11) is 0. The Bertz CT molecular complexity index is 519. The van der Waals surface area contributed by atoms with E-state index in [-0.39, 0.29) is 11.5 Å². The van der Waals surface area contributed by atoms with E-state index < -0.39 is 0 Å². The van der Waals surface area contributed by atoms with Crippen LogP contribution in [0, 0.1) is 0 Å². The molecule has 0 aliphatic rings. The zero-order valence-electron chi connectivity index (χ0n) is 8.16. The molecule has 0 aromatic carbocycles. The van der Waals surface area contributed by atoms with Gasteiger partial charge in [-0.2, -0.15) is 0 Å². The SMILES string of the molecule is CCc1[nH]c(=O)[nH]c1C(=O)c1ccoc1. The number of carbonyl (C=O) groups is 1. The molecule has 2 aromatic rings. The van der Waals surface area contributed by atoms with Crippen molar-refractivity contribution in [2.75, 3.05) is 0 Å². The summed E-state index contributed by atoms with van der Waals surface area (Å²) in [6.45, 7) is 1.87. The van der Waals surface area contributed by atoms with Crippen molar-refractivity contribution in [2.24, 2.45) is 0 Å². The Balaban J connectivity index is 2.45. The molecule has 0 amide bonds. The Hall–Kier alpha value is -2.04. The van der Waals surface area contributed by atoms with Crippen LogP contribution in [0.4, 0.5) is 0 Å². The highest BCUT2D eigenvalue weighted by Crippen LogP contribution is 2.10. The molecular weight excluding hydrogens is 196 g/mol.